The lowest BCUT2D eigenvalue weighted by molar-refractivity contribution is -0.123. The second-order valence-corrected chi connectivity index (χ2v) is 5.59. The molecule has 122 valence electrons. The molecule has 0 aromatic heterocycles. The van der Waals surface area contributed by atoms with Crippen molar-refractivity contribution in [3.8, 4) is 5.75 Å². The average molecular weight is 333 g/mol. The van der Waals surface area contributed by atoms with Gasteiger partial charge in [-0.05, 0) is 35.7 Å². The SMILES string of the molecule is Cc1ccc(OCC(=O)NCc2ccc3c(c2)CNC3)cc1.Cl. The monoisotopic (exact) mass is 332 g/mol. The van der Waals surface area contributed by atoms with Crippen molar-refractivity contribution in [1.29, 1.82) is 0 Å². The quantitative estimate of drug-likeness (QED) is 0.885. The Bertz CT molecular complexity index is 671. The van der Waals surface area contributed by atoms with Gasteiger partial charge >= 0.3 is 0 Å². The van der Waals surface area contributed by atoms with Gasteiger partial charge in [-0.1, -0.05) is 35.9 Å². The number of carbonyl (C=O) groups excluding carboxylic acids is 1. The maximum Gasteiger partial charge on any atom is 0.258 e. The molecule has 1 heterocycles. The molecule has 3 rings (SSSR count). The molecule has 0 aliphatic carbocycles. The van der Waals surface area contributed by atoms with Gasteiger partial charge < -0.3 is 15.4 Å². The summed E-state index contributed by atoms with van der Waals surface area (Å²) >= 11 is 0. The lowest BCUT2D eigenvalue weighted by Gasteiger charge is -2.09. The molecule has 1 aliphatic heterocycles. The molecule has 2 N–H and O–H groups in total. The number of amides is 1. The van der Waals surface area contributed by atoms with Crippen LogP contribution in [0.25, 0.3) is 0 Å². The fourth-order valence-corrected chi connectivity index (χ4v) is 2.49. The van der Waals surface area contributed by atoms with Gasteiger partial charge in [0, 0.05) is 19.6 Å². The standard InChI is InChI=1S/C18H20N2O2.ClH/c1-13-2-6-17(7-3-13)22-12-18(21)20-9-14-4-5-15-10-19-11-16(15)8-14;/h2-8,19H,9-12H2,1H3,(H,20,21);1H. The van der Waals surface area contributed by atoms with Crippen LogP contribution in [0, 0.1) is 6.92 Å². The number of benzene rings is 2. The van der Waals surface area contributed by atoms with Gasteiger partial charge in [-0.15, -0.1) is 12.4 Å². The zero-order chi connectivity index (χ0) is 15.4. The minimum atomic E-state index is -0.112. The summed E-state index contributed by atoms with van der Waals surface area (Å²) in [7, 11) is 0. The van der Waals surface area contributed by atoms with Crippen LogP contribution < -0.4 is 15.4 Å². The number of hydrogen-bond donors (Lipinski definition) is 2. The van der Waals surface area contributed by atoms with Gasteiger partial charge in [0.15, 0.2) is 6.61 Å². The molecule has 0 saturated heterocycles. The lowest BCUT2D eigenvalue weighted by Crippen LogP contribution is -2.28. The Morgan fingerprint density at radius 3 is 2.65 bits per heavy atom. The maximum absolute atomic E-state index is 11.8. The van der Waals surface area contributed by atoms with E-state index in [1.807, 2.05) is 31.2 Å². The summed E-state index contributed by atoms with van der Waals surface area (Å²) in [6.45, 7) is 4.43. The summed E-state index contributed by atoms with van der Waals surface area (Å²) < 4.78 is 5.46. The molecule has 23 heavy (non-hydrogen) atoms. The van der Waals surface area contributed by atoms with Crippen molar-refractivity contribution in [2.75, 3.05) is 6.61 Å². The van der Waals surface area contributed by atoms with Crippen molar-refractivity contribution in [1.82, 2.24) is 10.6 Å². The van der Waals surface area contributed by atoms with Crippen LogP contribution in [0.4, 0.5) is 0 Å². The summed E-state index contributed by atoms with van der Waals surface area (Å²) in [5.41, 5.74) is 4.95. The molecule has 0 bridgehead atoms. The number of fused-ring (bicyclic) bond motifs is 1. The molecule has 5 heteroatoms. The van der Waals surface area contributed by atoms with Gasteiger partial charge in [0.05, 0.1) is 0 Å². The smallest absolute Gasteiger partial charge is 0.258 e. The molecule has 1 aliphatic rings. The summed E-state index contributed by atoms with van der Waals surface area (Å²) in [5, 5.41) is 6.20. The van der Waals surface area contributed by atoms with Gasteiger partial charge in [0.25, 0.3) is 5.91 Å². The average Bonchev–Trinajstić information content (AvgIpc) is 3.00. The van der Waals surface area contributed by atoms with Crippen LogP contribution in [0.1, 0.15) is 22.3 Å². The minimum Gasteiger partial charge on any atom is -0.484 e. The van der Waals surface area contributed by atoms with Crippen LogP contribution in [-0.4, -0.2) is 12.5 Å². The Morgan fingerprint density at radius 2 is 1.87 bits per heavy atom. The zero-order valence-corrected chi connectivity index (χ0v) is 13.9. The first-order valence-corrected chi connectivity index (χ1v) is 7.48. The molecule has 2 aromatic carbocycles. The first-order valence-electron chi connectivity index (χ1n) is 7.48. The van der Waals surface area contributed by atoms with Gasteiger partial charge in [-0.25, -0.2) is 0 Å². The fraction of sp³-hybridized carbons (Fsp3) is 0.278. The van der Waals surface area contributed by atoms with Crippen LogP contribution in [-0.2, 0) is 24.4 Å². The molecule has 0 spiro atoms. The Kier molecular flexibility index (Phi) is 6.02. The van der Waals surface area contributed by atoms with E-state index >= 15 is 0 Å². The van der Waals surface area contributed by atoms with Crippen molar-refractivity contribution in [2.24, 2.45) is 0 Å². The highest BCUT2D eigenvalue weighted by molar-refractivity contribution is 5.85. The van der Waals surface area contributed by atoms with E-state index in [0.29, 0.717) is 12.3 Å². The third kappa shape index (κ3) is 4.71. The first kappa shape index (κ1) is 17.3. The van der Waals surface area contributed by atoms with Gasteiger partial charge in [0.1, 0.15) is 5.75 Å². The highest BCUT2D eigenvalue weighted by Crippen LogP contribution is 2.17. The zero-order valence-electron chi connectivity index (χ0n) is 13.1. The number of halogens is 1. The van der Waals surface area contributed by atoms with E-state index < -0.39 is 0 Å². The number of rotatable bonds is 5. The van der Waals surface area contributed by atoms with E-state index in [-0.39, 0.29) is 24.9 Å². The largest absolute Gasteiger partial charge is 0.484 e. The second-order valence-electron chi connectivity index (χ2n) is 5.59. The lowest BCUT2D eigenvalue weighted by atomic mass is 10.1. The molecule has 0 saturated carbocycles. The van der Waals surface area contributed by atoms with Crippen LogP contribution in [0.3, 0.4) is 0 Å². The highest BCUT2D eigenvalue weighted by Gasteiger charge is 2.10. The summed E-state index contributed by atoms with van der Waals surface area (Å²) in [5.74, 6) is 0.601. The molecular weight excluding hydrogens is 312 g/mol. The second kappa shape index (κ2) is 7.99. The normalized spacial score (nSPS) is 12.2. The molecule has 0 fully saturated rings. The molecule has 2 aromatic rings. The first-order chi connectivity index (χ1) is 10.7. The molecule has 1 amide bonds. The predicted molar refractivity (Wildman–Crippen MR) is 92.8 cm³/mol. The minimum absolute atomic E-state index is 0. The third-order valence-corrected chi connectivity index (χ3v) is 3.78. The summed E-state index contributed by atoms with van der Waals surface area (Å²) in [4.78, 5) is 11.8. The fourth-order valence-electron chi connectivity index (χ4n) is 2.49. The van der Waals surface area contributed by atoms with Crippen LogP contribution in [0.5, 0.6) is 5.75 Å². The van der Waals surface area contributed by atoms with Crippen molar-refractivity contribution in [3.05, 3.63) is 64.7 Å². The molecule has 4 nitrogen and oxygen atoms in total. The van der Waals surface area contributed by atoms with Gasteiger partial charge in [-0.3, -0.25) is 4.79 Å². The van der Waals surface area contributed by atoms with Crippen LogP contribution in [0.2, 0.25) is 0 Å². The molecule has 0 atom stereocenters. The molecule has 0 radical (unpaired) electrons. The van der Waals surface area contributed by atoms with Crippen LogP contribution in [0.15, 0.2) is 42.5 Å². The summed E-state index contributed by atoms with van der Waals surface area (Å²) in [6.07, 6.45) is 0. The predicted octanol–water partition coefficient (Wildman–Crippen LogP) is 2.72. The molecule has 0 unspecified atom stereocenters. The number of nitrogens with one attached hydrogen (secondary N) is 2. The third-order valence-electron chi connectivity index (χ3n) is 3.78. The van der Waals surface area contributed by atoms with E-state index in [1.54, 1.807) is 0 Å². The van der Waals surface area contributed by atoms with Gasteiger partial charge in [0.2, 0.25) is 0 Å². The topological polar surface area (TPSA) is 50.4 Å². The van der Waals surface area contributed by atoms with E-state index in [1.165, 1.54) is 16.7 Å². The van der Waals surface area contributed by atoms with Gasteiger partial charge in [-0.2, -0.15) is 0 Å². The number of ether oxygens (including phenoxy) is 1. The number of carbonyl (C=O) groups is 1. The Balaban J connectivity index is 0.00000192. The Morgan fingerprint density at radius 1 is 1.13 bits per heavy atom. The van der Waals surface area contributed by atoms with E-state index in [4.69, 9.17) is 4.74 Å². The van der Waals surface area contributed by atoms with E-state index in [9.17, 15) is 4.79 Å². The van der Waals surface area contributed by atoms with E-state index in [0.717, 1.165) is 18.7 Å². The van der Waals surface area contributed by atoms with E-state index in [2.05, 4.69) is 28.8 Å². The Labute approximate surface area is 142 Å². The van der Waals surface area contributed by atoms with Crippen molar-refractivity contribution in [2.45, 2.75) is 26.6 Å². The van der Waals surface area contributed by atoms with Crippen molar-refractivity contribution < 1.29 is 9.53 Å². The summed E-state index contributed by atoms with van der Waals surface area (Å²) in [6, 6.07) is 14.0. The van der Waals surface area contributed by atoms with Crippen LogP contribution >= 0.6 is 12.4 Å². The Hall–Kier alpha value is -2.04. The van der Waals surface area contributed by atoms with Crippen molar-refractivity contribution in [3.63, 3.8) is 0 Å². The number of hydrogen-bond acceptors (Lipinski definition) is 3. The van der Waals surface area contributed by atoms with Crippen molar-refractivity contribution >= 4 is 18.3 Å². The number of aryl methyl sites for hydroxylation is 1. The highest BCUT2D eigenvalue weighted by atomic mass is 35.5. The maximum atomic E-state index is 11.8. The molecular formula is C18H21ClN2O2.